The minimum absolute atomic E-state index is 0.223. The average Bonchev–Trinajstić information content (AvgIpc) is 2.09. The fourth-order valence-electron chi connectivity index (χ4n) is 0.747. The van der Waals surface area contributed by atoms with Crippen LogP contribution in [0.4, 0.5) is 0 Å². The highest BCUT2D eigenvalue weighted by Crippen LogP contribution is 2.05. The molecule has 1 heterocycles. The van der Waals surface area contributed by atoms with Crippen LogP contribution in [0.3, 0.4) is 0 Å². The molecule has 0 aliphatic heterocycles. The molecular formula is C7H8ClN3O. The Balaban J connectivity index is 2.64. The number of hydrazine groups is 1. The Morgan fingerprint density at radius 3 is 2.92 bits per heavy atom. The Bertz CT molecular complexity index is 272. The van der Waals surface area contributed by atoms with Gasteiger partial charge in [0, 0.05) is 6.20 Å². The van der Waals surface area contributed by atoms with Crippen molar-refractivity contribution in [2.75, 3.05) is 0 Å². The number of nitrogens with two attached hydrogens (primary N) is 1. The van der Waals surface area contributed by atoms with Crippen molar-refractivity contribution in [3.63, 3.8) is 0 Å². The molecule has 0 spiro atoms. The first kappa shape index (κ1) is 8.96. The van der Waals surface area contributed by atoms with Gasteiger partial charge in [-0.1, -0.05) is 17.7 Å². The summed E-state index contributed by atoms with van der Waals surface area (Å²) in [7, 11) is 0. The fourth-order valence-corrected chi connectivity index (χ4v) is 0.859. The normalized spacial score (nSPS) is 9.50. The van der Waals surface area contributed by atoms with Crippen molar-refractivity contribution in [2.24, 2.45) is 5.84 Å². The van der Waals surface area contributed by atoms with E-state index in [2.05, 4.69) is 4.98 Å². The van der Waals surface area contributed by atoms with Crippen LogP contribution in [0.1, 0.15) is 5.56 Å². The largest absolute Gasteiger partial charge is 0.294 e. The Morgan fingerprint density at radius 2 is 2.42 bits per heavy atom. The summed E-state index contributed by atoms with van der Waals surface area (Å²) in [6.07, 6.45) is 1.76. The van der Waals surface area contributed by atoms with E-state index in [1.165, 1.54) is 6.20 Å². The molecule has 12 heavy (non-hydrogen) atoms. The molecule has 0 fully saturated rings. The molecule has 0 atom stereocenters. The third-order valence-corrected chi connectivity index (χ3v) is 1.54. The number of hydrogen-bond donors (Lipinski definition) is 2. The van der Waals surface area contributed by atoms with Gasteiger partial charge in [0.25, 0.3) is 0 Å². The fraction of sp³-hybridized carbons (Fsp3) is 0.143. The summed E-state index contributed by atoms with van der Waals surface area (Å²) in [6, 6.07) is 3.35. The molecule has 0 bridgehead atoms. The zero-order valence-corrected chi connectivity index (χ0v) is 7.01. The maximum atomic E-state index is 10.8. The van der Waals surface area contributed by atoms with Crippen LogP contribution in [-0.2, 0) is 11.2 Å². The summed E-state index contributed by atoms with van der Waals surface area (Å²) in [6.45, 7) is 0. The van der Waals surface area contributed by atoms with E-state index in [0.29, 0.717) is 5.15 Å². The molecule has 0 aliphatic rings. The Kier molecular flexibility index (Phi) is 3.01. The SMILES string of the molecule is NNC(=O)Cc1ccc(Cl)nc1. The van der Waals surface area contributed by atoms with Gasteiger partial charge < -0.3 is 0 Å². The van der Waals surface area contributed by atoms with Gasteiger partial charge in [-0.05, 0) is 11.6 Å². The van der Waals surface area contributed by atoms with E-state index in [1.54, 1.807) is 12.1 Å². The van der Waals surface area contributed by atoms with E-state index in [1.807, 2.05) is 5.43 Å². The number of nitrogens with zero attached hydrogens (tertiary/aromatic N) is 1. The van der Waals surface area contributed by atoms with Crippen molar-refractivity contribution in [1.29, 1.82) is 0 Å². The summed E-state index contributed by atoms with van der Waals surface area (Å²) in [5, 5.41) is 0.409. The molecule has 0 unspecified atom stereocenters. The number of carbonyl (C=O) groups excluding carboxylic acids is 1. The van der Waals surface area contributed by atoms with Crippen LogP contribution in [0.25, 0.3) is 0 Å². The monoisotopic (exact) mass is 185 g/mol. The highest BCUT2D eigenvalue weighted by Gasteiger charge is 2.00. The van der Waals surface area contributed by atoms with Crippen molar-refractivity contribution >= 4 is 17.5 Å². The van der Waals surface area contributed by atoms with Gasteiger partial charge in [0.05, 0.1) is 6.42 Å². The topological polar surface area (TPSA) is 68.0 Å². The Labute approximate surface area is 74.7 Å². The van der Waals surface area contributed by atoms with Crippen molar-refractivity contribution in [1.82, 2.24) is 10.4 Å². The first-order valence-corrected chi connectivity index (χ1v) is 3.70. The highest BCUT2D eigenvalue weighted by molar-refractivity contribution is 6.29. The van der Waals surface area contributed by atoms with Crippen molar-refractivity contribution < 1.29 is 4.79 Å². The maximum Gasteiger partial charge on any atom is 0.238 e. The van der Waals surface area contributed by atoms with E-state index in [-0.39, 0.29) is 12.3 Å². The van der Waals surface area contributed by atoms with Crippen molar-refractivity contribution in [2.45, 2.75) is 6.42 Å². The molecule has 0 saturated heterocycles. The maximum absolute atomic E-state index is 10.8. The van der Waals surface area contributed by atoms with Gasteiger partial charge in [0.15, 0.2) is 0 Å². The number of rotatable bonds is 2. The van der Waals surface area contributed by atoms with Crippen molar-refractivity contribution in [3.8, 4) is 0 Å². The zero-order valence-electron chi connectivity index (χ0n) is 6.25. The lowest BCUT2D eigenvalue weighted by molar-refractivity contribution is -0.120. The van der Waals surface area contributed by atoms with Gasteiger partial charge in [0.2, 0.25) is 5.91 Å². The predicted molar refractivity (Wildman–Crippen MR) is 45.3 cm³/mol. The minimum Gasteiger partial charge on any atom is -0.294 e. The van der Waals surface area contributed by atoms with Gasteiger partial charge in [0.1, 0.15) is 5.15 Å². The number of nitrogens with one attached hydrogen (secondary N) is 1. The standard InChI is InChI=1S/C7H8ClN3O/c8-6-2-1-5(4-10-6)3-7(12)11-9/h1-2,4H,3,9H2,(H,11,12). The minimum atomic E-state index is -0.251. The van der Waals surface area contributed by atoms with Gasteiger partial charge >= 0.3 is 0 Å². The smallest absolute Gasteiger partial charge is 0.238 e. The highest BCUT2D eigenvalue weighted by atomic mass is 35.5. The van der Waals surface area contributed by atoms with E-state index in [4.69, 9.17) is 17.4 Å². The molecule has 1 aromatic heterocycles. The first-order valence-electron chi connectivity index (χ1n) is 3.32. The lowest BCUT2D eigenvalue weighted by Crippen LogP contribution is -2.31. The number of carbonyl (C=O) groups is 1. The van der Waals surface area contributed by atoms with Crippen LogP contribution in [0.15, 0.2) is 18.3 Å². The van der Waals surface area contributed by atoms with Gasteiger partial charge in [-0.15, -0.1) is 0 Å². The number of aromatic nitrogens is 1. The van der Waals surface area contributed by atoms with Crippen LogP contribution in [0, 0.1) is 0 Å². The molecule has 0 aromatic carbocycles. The lowest BCUT2D eigenvalue weighted by Gasteiger charge is -1.98. The molecule has 3 N–H and O–H groups in total. The number of hydrogen-bond acceptors (Lipinski definition) is 3. The first-order chi connectivity index (χ1) is 5.72. The van der Waals surface area contributed by atoms with Gasteiger partial charge in [-0.3, -0.25) is 10.2 Å². The van der Waals surface area contributed by atoms with E-state index in [9.17, 15) is 4.79 Å². The lowest BCUT2D eigenvalue weighted by atomic mass is 10.2. The second-order valence-electron chi connectivity index (χ2n) is 2.23. The Morgan fingerprint density at radius 1 is 1.67 bits per heavy atom. The van der Waals surface area contributed by atoms with Gasteiger partial charge in [-0.25, -0.2) is 10.8 Å². The summed E-state index contributed by atoms with van der Waals surface area (Å²) in [5.41, 5.74) is 2.81. The quantitative estimate of drug-likeness (QED) is 0.301. The van der Waals surface area contributed by atoms with Crippen molar-refractivity contribution in [3.05, 3.63) is 29.0 Å². The molecule has 4 nitrogen and oxygen atoms in total. The Hall–Kier alpha value is -1.13. The summed E-state index contributed by atoms with van der Waals surface area (Å²) in [5.74, 6) is 4.65. The number of amides is 1. The molecule has 1 amide bonds. The summed E-state index contributed by atoms with van der Waals surface area (Å²) < 4.78 is 0. The molecule has 5 heteroatoms. The van der Waals surface area contributed by atoms with Crippen LogP contribution in [0.2, 0.25) is 5.15 Å². The summed E-state index contributed by atoms with van der Waals surface area (Å²) in [4.78, 5) is 14.6. The van der Waals surface area contributed by atoms with Crippen LogP contribution >= 0.6 is 11.6 Å². The second-order valence-corrected chi connectivity index (χ2v) is 2.62. The second kappa shape index (κ2) is 4.04. The molecule has 1 aromatic rings. The van der Waals surface area contributed by atoms with E-state index in [0.717, 1.165) is 5.56 Å². The van der Waals surface area contributed by atoms with Gasteiger partial charge in [-0.2, -0.15) is 0 Å². The van der Waals surface area contributed by atoms with Crippen LogP contribution < -0.4 is 11.3 Å². The number of pyridine rings is 1. The molecule has 0 saturated carbocycles. The van der Waals surface area contributed by atoms with E-state index < -0.39 is 0 Å². The van der Waals surface area contributed by atoms with E-state index >= 15 is 0 Å². The third kappa shape index (κ3) is 2.48. The summed E-state index contributed by atoms with van der Waals surface area (Å²) >= 11 is 5.55. The average molecular weight is 186 g/mol. The number of halogens is 1. The zero-order chi connectivity index (χ0) is 8.97. The molecule has 1 rings (SSSR count). The molecule has 0 aliphatic carbocycles. The molecular weight excluding hydrogens is 178 g/mol. The predicted octanol–water partition coefficient (Wildman–Crippen LogP) is 0.267. The third-order valence-electron chi connectivity index (χ3n) is 1.31. The van der Waals surface area contributed by atoms with Crippen LogP contribution in [0.5, 0.6) is 0 Å². The molecule has 64 valence electrons. The van der Waals surface area contributed by atoms with Crippen LogP contribution in [-0.4, -0.2) is 10.9 Å². The molecule has 0 radical (unpaired) electrons.